The van der Waals surface area contributed by atoms with Gasteiger partial charge in [-0.05, 0) is 32.2 Å². The number of nitrogens with two attached hydrogens (primary N) is 1. The first kappa shape index (κ1) is 34.0. The zero-order chi connectivity index (χ0) is 26.9. The molecule has 9 nitrogen and oxygen atoms in total. The molecule has 0 aliphatic rings. The molecule has 2 unspecified atom stereocenters. The molecule has 0 aromatic heterocycles. The predicted octanol–water partition coefficient (Wildman–Crippen LogP) is 4.13. The van der Waals surface area contributed by atoms with Crippen molar-refractivity contribution in [2.45, 2.75) is 141 Å². The van der Waals surface area contributed by atoms with Crippen LogP contribution in [0.4, 0.5) is 0 Å². The second-order valence-electron chi connectivity index (χ2n) is 9.71. The number of nitrogens with one attached hydrogen (secondary N) is 3. The minimum Gasteiger partial charge on any atom is -0.480 e. The van der Waals surface area contributed by atoms with Crippen LogP contribution in [-0.2, 0) is 19.2 Å². The molecule has 36 heavy (non-hydrogen) atoms. The quantitative estimate of drug-likeness (QED) is 0.0664. The number of hydrogen-bond acceptors (Lipinski definition) is 6. The van der Waals surface area contributed by atoms with E-state index in [2.05, 4.69) is 23.1 Å². The summed E-state index contributed by atoms with van der Waals surface area (Å²) in [5.41, 5.74) is 10.5. The molecule has 2 amide bonds. The van der Waals surface area contributed by atoms with Gasteiger partial charge in [-0.1, -0.05) is 90.4 Å². The largest absolute Gasteiger partial charge is 0.480 e. The molecular weight excluding hydrogens is 460 g/mol. The van der Waals surface area contributed by atoms with Gasteiger partial charge in [-0.2, -0.15) is 0 Å². The average Bonchev–Trinajstić information content (AvgIpc) is 2.86. The van der Waals surface area contributed by atoms with Crippen molar-refractivity contribution in [1.82, 2.24) is 16.2 Å². The highest BCUT2D eigenvalue weighted by Gasteiger charge is 2.21. The number of amides is 2. The van der Waals surface area contributed by atoms with Gasteiger partial charge in [0.2, 0.25) is 11.8 Å². The molecule has 0 saturated heterocycles. The number of hydrazine groups is 1. The summed E-state index contributed by atoms with van der Waals surface area (Å²) in [6.07, 6.45) is 18.8. The molecule has 0 heterocycles. The minimum atomic E-state index is -1.16. The fourth-order valence-corrected chi connectivity index (χ4v) is 4.02. The van der Waals surface area contributed by atoms with Gasteiger partial charge in [0, 0.05) is 12.8 Å². The van der Waals surface area contributed by atoms with E-state index >= 15 is 0 Å². The molecule has 6 N–H and O–H groups in total. The highest BCUT2D eigenvalue weighted by molar-refractivity contribution is 5.84. The van der Waals surface area contributed by atoms with Gasteiger partial charge in [0.1, 0.15) is 12.3 Å². The number of aliphatic carboxylic acids is 1. The second kappa shape index (κ2) is 24.7. The highest BCUT2D eigenvalue weighted by Crippen LogP contribution is 2.13. The van der Waals surface area contributed by atoms with Crippen molar-refractivity contribution < 1.29 is 24.3 Å². The van der Waals surface area contributed by atoms with Crippen molar-refractivity contribution in [3.63, 3.8) is 0 Å². The SMILES string of the molecule is CCCCCCCCCCCCCCCC(=O)NC(CCC(=O)NNC(C=O)CCCCN)C(=O)O. The molecule has 0 radical (unpaired) electrons. The Balaban J connectivity index is 3.88. The van der Waals surface area contributed by atoms with Gasteiger partial charge in [-0.3, -0.25) is 15.0 Å². The Morgan fingerprint density at radius 3 is 1.81 bits per heavy atom. The van der Waals surface area contributed by atoms with Gasteiger partial charge in [0.05, 0.1) is 6.04 Å². The van der Waals surface area contributed by atoms with Crippen LogP contribution < -0.4 is 21.9 Å². The third-order valence-electron chi connectivity index (χ3n) is 6.33. The molecule has 0 rings (SSSR count). The summed E-state index contributed by atoms with van der Waals surface area (Å²) in [5, 5.41) is 11.9. The van der Waals surface area contributed by atoms with E-state index in [9.17, 15) is 24.3 Å². The lowest BCUT2D eigenvalue weighted by Crippen LogP contribution is -2.46. The number of hydrogen-bond donors (Lipinski definition) is 5. The number of aldehydes is 1. The van der Waals surface area contributed by atoms with Gasteiger partial charge in [-0.25, -0.2) is 10.2 Å². The fraction of sp³-hybridized carbons (Fsp3) is 0.852. The Kier molecular flexibility index (Phi) is 23.3. The smallest absolute Gasteiger partial charge is 0.326 e. The number of carboxylic acids is 1. The number of unbranched alkanes of at least 4 members (excludes halogenated alkanes) is 13. The lowest BCUT2D eigenvalue weighted by molar-refractivity contribution is -0.142. The van der Waals surface area contributed by atoms with Crippen LogP contribution in [-0.4, -0.2) is 47.8 Å². The van der Waals surface area contributed by atoms with Gasteiger partial charge in [-0.15, -0.1) is 0 Å². The third kappa shape index (κ3) is 21.3. The van der Waals surface area contributed by atoms with E-state index in [4.69, 9.17) is 5.73 Å². The van der Waals surface area contributed by atoms with Crippen molar-refractivity contribution in [3.05, 3.63) is 0 Å². The summed E-state index contributed by atoms with van der Waals surface area (Å²) in [5.74, 6) is -1.90. The zero-order valence-electron chi connectivity index (χ0n) is 22.5. The molecule has 9 heteroatoms. The summed E-state index contributed by atoms with van der Waals surface area (Å²) < 4.78 is 0. The van der Waals surface area contributed by atoms with E-state index in [1.54, 1.807) is 0 Å². The van der Waals surface area contributed by atoms with Crippen molar-refractivity contribution in [1.29, 1.82) is 0 Å². The zero-order valence-corrected chi connectivity index (χ0v) is 22.5. The lowest BCUT2D eigenvalue weighted by Gasteiger charge is -2.16. The average molecular weight is 513 g/mol. The number of carboxylic acid groups (broad SMARTS) is 1. The molecule has 2 atom stereocenters. The van der Waals surface area contributed by atoms with Crippen LogP contribution in [0.5, 0.6) is 0 Å². The number of rotatable bonds is 26. The molecule has 0 fully saturated rings. The Labute approximate surface area is 218 Å². The number of carbonyl (C=O) groups is 4. The molecule has 0 aromatic rings. The molecule has 0 saturated carbocycles. The van der Waals surface area contributed by atoms with Gasteiger partial charge in [0.25, 0.3) is 0 Å². The van der Waals surface area contributed by atoms with Gasteiger partial charge in [0.15, 0.2) is 0 Å². The van der Waals surface area contributed by atoms with E-state index < -0.39 is 24.0 Å². The van der Waals surface area contributed by atoms with Crippen molar-refractivity contribution >= 4 is 24.1 Å². The van der Waals surface area contributed by atoms with Crippen LogP contribution in [0.25, 0.3) is 0 Å². The van der Waals surface area contributed by atoms with Crippen LogP contribution in [0.3, 0.4) is 0 Å². The summed E-state index contributed by atoms with van der Waals surface area (Å²) in [6.45, 7) is 2.78. The van der Waals surface area contributed by atoms with Gasteiger partial charge >= 0.3 is 5.97 Å². The first-order valence-electron chi connectivity index (χ1n) is 14.2. The molecule has 0 aromatic carbocycles. The maximum atomic E-state index is 12.1. The summed E-state index contributed by atoms with van der Waals surface area (Å²) >= 11 is 0. The van der Waals surface area contributed by atoms with E-state index in [1.165, 1.54) is 64.2 Å². The second-order valence-corrected chi connectivity index (χ2v) is 9.71. The molecule has 0 aliphatic carbocycles. The molecule has 0 aliphatic heterocycles. The van der Waals surface area contributed by atoms with E-state index in [0.29, 0.717) is 25.7 Å². The Bertz CT molecular complexity index is 589. The van der Waals surface area contributed by atoms with Crippen molar-refractivity contribution in [2.75, 3.05) is 6.54 Å². The lowest BCUT2D eigenvalue weighted by atomic mass is 10.0. The minimum absolute atomic E-state index is 0.0217. The maximum Gasteiger partial charge on any atom is 0.326 e. The Morgan fingerprint density at radius 1 is 0.750 bits per heavy atom. The first-order valence-corrected chi connectivity index (χ1v) is 14.2. The van der Waals surface area contributed by atoms with Crippen molar-refractivity contribution in [3.8, 4) is 0 Å². The van der Waals surface area contributed by atoms with Crippen LogP contribution in [0.1, 0.15) is 129 Å². The van der Waals surface area contributed by atoms with Crippen LogP contribution in [0.2, 0.25) is 0 Å². The van der Waals surface area contributed by atoms with Crippen molar-refractivity contribution in [2.24, 2.45) is 5.73 Å². The third-order valence-corrected chi connectivity index (χ3v) is 6.33. The Hall–Kier alpha value is -2.00. The number of carbonyl (C=O) groups excluding carboxylic acids is 3. The molecular formula is C27H52N4O5. The summed E-state index contributed by atoms with van der Waals surface area (Å²) in [6, 6.07) is -1.63. The van der Waals surface area contributed by atoms with E-state index in [-0.39, 0.29) is 18.7 Å². The normalized spacial score (nSPS) is 12.6. The standard InChI is InChI=1S/C27H52N4O5/c1-2-3-4-5-6-7-8-9-10-11-12-13-14-18-25(33)29-24(27(35)36)19-20-26(34)31-30-23(22-32)17-15-16-21-28/h22-24,30H,2-21,28H2,1H3,(H,29,33)(H,31,34)(H,35,36). The van der Waals surface area contributed by atoms with Crippen LogP contribution in [0.15, 0.2) is 0 Å². The molecule has 210 valence electrons. The van der Waals surface area contributed by atoms with E-state index in [1.807, 2.05) is 0 Å². The summed E-state index contributed by atoms with van der Waals surface area (Å²) in [4.78, 5) is 46.7. The van der Waals surface area contributed by atoms with Crippen LogP contribution in [0, 0.1) is 0 Å². The first-order chi connectivity index (χ1) is 17.4. The van der Waals surface area contributed by atoms with Gasteiger partial charge < -0.3 is 21.0 Å². The molecule has 0 spiro atoms. The Morgan fingerprint density at radius 2 is 1.31 bits per heavy atom. The van der Waals surface area contributed by atoms with Crippen LogP contribution >= 0.6 is 0 Å². The highest BCUT2D eigenvalue weighted by atomic mass is 16.4. The monoisotopic (exact) mass is 512 g/mol. The maximum absolute atomic E-state index is 12.1. The topological polar surface area (TPSA) is 151 Å². The molecule has 0 bridgehead atoms. The predicted molar refractivity (Wildman–Crippen MR) is 143 cm³/mol. The van der Waals surface area contributed by atoms with E-state index in [0.717, 1.165) is 32.1 Å². The fourth-order valence-electron chi connectivity index (χ4n) is 4.02. The summed E-state index contributed by atoms with van der Waals surface area (Å²) in [7, 11) is 0.